The van der Waals surface area contributed by atoms with Crippen LogP contribution >= 0.6 is 11.8 Å². The van der Waals surface area contributed by atoms with E-state index in [9.17, 15) is 10.0 Å². The van der Waals surface area contributed by atoms with E-state index in [2.05, 4.69) is 29.6 Å². The number of rotatable bonds is 5. The van der Waals surface area contributed by atoms with Crippen LogP contribution in [0.2, 0.25) is 0 Å². The maximum Gasteiger partial charge on any atom is 0.251 e. The predicted octanol–water partition coefficient (Wildman–Crippen LogP) is 2.50. The van der Waals surface area contributed by atoms with Gasteiger partial charge in [-0.1, -0.05) is 24.3 Å². The summed E-state index contributed by atoms with van der Waals surface area (Å²) in [5.74, 6) is 2.21. The normalized spacial score (nSPS) is 23.9. The number of amides is 1. The molecule has 0 aliphatic heterocycles. The number of hydrogen-bond donors (Lipinski definition) is 1. The Morgan fingerprint density at radius 3 is 2.96 bits per heavy atom. The molecular formula is C19H20N2O2S. The Morgan fingerprint density at radius 2 is 2.08 bits per heavy atom. The topological polar surface area (TPSA) is 56.0 Å². The van der Waals surface area contributed by atoms with Gasteiger partial charge in [-0.25, -0.2) is 0 Å². The molecule has 0 bridgehead atoms. The molecule has 1 aromatic carbocycles. The van der Waals surface area contributed by atoms with Gasteiger partial charge >= 0.3 is 0 Å². The lowest BCUT2D eigenvalue weighted by Gasteiger charge is -2.13. The van der Waals surface area contributed by atoms with Gasteiger partial charge in [-0.2, -0.15) is 4.73 Å². The quantitative estimate of drug-likeness (QED) is 0.517. The highest BCUT2D eigenvalue weighted by Gasteiger charge is 2.52. The second kappa shape index (κ2) is 6.48. The summed E-state index contributed by atoms with van der Waals surface area (Å²) in [6.07, 6.45) is 3.85. The predicted molar refractivity (Wildman–Crippen MR) is 93.6 cm³/mol. The van der Waals surface area contributed by atoms with Crippen LogP contribution in [0.5, 0.6) is 0 Å². The van der Waals surface area contributed by atoms with Gasteiger partial charge in [0.2, 0.25) is 5.91 Å². The molecule has 1 aromatic heterocycles. The third-order valence-electron chi connectivity index (χ3n) is 5.17. The number of thioether (sulfide) groups is 1. The van der Waals surface area contributed by atoms with Gasteiger partial charge in [0.15, 0.2) is 6.20 Å². The highest BCUT2D eigenvalue weighted by Crippen LogP contribution is 2.59. The Hall–Kier alpha value is -2.01. The second-order valence-electron chi connectivity index (χ2n) is 6.55. The molecule has 4 rings (SSSR count). The molecule has 4 nitrogen and oxygen atoms in total. The summed E-state index contributed by atoms with van der Waals surface area (Å²) in [6, 6.07) is 13.9. The van der Waals surface area contributed by atoms with Crippen LogP contribution in [0, 0.1) is 17.0 Å². The number of hydrogen-bond acceptors (Lipinski definition) is 3. The van der Waals surface area contributed by atoms with Crippen molar-refractivity contribution in [2.45, 2.75) is 23.8 Å². The Kier molecular flexibility index (Phi) is 4.19. The van der Waals surface area contributed by atoms with Crippen molar-refractivity contribution >= 4 is 17.7 Å². The zero-order valence-corrected chi connectivity index (χ0v) is 14.2. The molecule has 1 amide bonds. The highest BCUT2D eigenvalue weighted by molar-refractivity contribution is 7.99. The molecule has 2 aliphatic rings. The summed E-state index contributed by atoms with van der Waals surface area (Å²) in [6.45, 7) is 0.745. The van der Waals surface area contributed by atoms with Gasteiger partial charge in [0.25, 0.3) is 5.03 Å². The molecule has 3 atom stereocenters. The van der Waals surface area contributed by atoms with Crippen molar-refractivity contribution < 1.29 is 9.52 Å². The number of aromatic nitrogens is 1. The molecule has 0 spiro atoms. The van der Waals surface area contributed by atoms with E-state index >= 15 is 0 Å². The van der Waals surface area contributed by atoms with E-state index in [-0.39, 0.29) is 11.7 Å². The summed E-state index contributed by atoms with van der Waals surface area (Å²) < 4.78 is 0.796. The highest BCUT2D eigenvalue weighted by atomic mass is 32.2. The number of fused-ring (bicyclic) bond motifs is 3. The Bertz CT molecular complexity index is 765. The van der Waals surface area contributed by atoms with E-state index in [1.165, 1.54) is 35.5 Å². The lowest BCUT2D eigenvalue weighted by molar-refractivity contribution is -0.645. The average Bonchev–Trinajstić information content (AvgIpc) is 3.33. The van der Waals surface area contributed by atoms with Crippen molar-refractivity contribution in [3.63, 3.8) is 0 Å². The number of nitrogens with one attached hydrogen (secondary N) is 1. The zero-order valence-electron chi connectivity index (χ0n) is 13.4. The van der Waals surface area contributed by atoms with E-state index in [4.69, 9.17) is 0 Å². The Balaban J connectivity index is 1.28. The second-order valence-corrected chi connectivity index (χ2v) is 7.54. The molecular weight excluding hydrogens is 320 g/mol. The summed E-state index contributed by atoms with van der Waals surface area (Å²) >= 11 is 1.28. The van der Waals surface area contributed by atoms with Crippen molar-refractivity contribution in [1.29, 1.82) is 0 Å². The molecule has 0 radical (unpaired) electrons. The maximum atomic E-state index is 12.1. The van der Waals surface area contributed by atoms with Crippen LogP contribution in [-0.2, 0) is 11.2 Å². The van der Waals surface area contributed by atoms with Crippen LogP contribution in [0.1, 0.15) is 23.5 Å². The first-order chi connectivity index (χ1) is 11.7. The van der Waals surface area contributed by atoms with E-state index in [1.807, 2.05) is 0 Å². The van der Waals surface area contributed by atoms with Crippen LogP contribution in [0.25, 0.3) is 0 Å². The SMILES string of the molecule is O=C(CSc1cccc[n+]1[O-])NC[C@@H]1[C@H]2CCc3ccccc3[C@@H]21. The van der Waals surface area contributed by atoms with Crippen molar-refractivity contribution in [2.24, 2.45) is 11.8 Å². The van der Waals surface area contributed by atoms with Gasteiger partial charge in [-0.05, 0) is 59.6 Å². The van der Waals surface area contributed by atoms with Crippen molar-refractivity contribution in [3.05, 3.63) is 65.0 Å². The lowest BCUT2D eigenvalue weighted by atomic mass is 9.92. The summed E-state index contributed by atoms with van der Waals surface area (Å²) in [4.78, 5) is 12.1. The zero-order chi connectivity index (χ0) is 16.5. The molecule has 124 valence electrons. The molecule has 1 saturated carbocycles. The number of pyridine rings is 1. The third-order valence-corrected chi connectivity index (χ3v) is 6.19. The molecule has 1 N–H and O–H groups in total. The minimum atomic E-state index is 0.000727. The molecule has 0 unspecified atom stereocenters. The van der Waals surface area contributed by atoms with Crippen LogP contribution < -0.4 is 10.0 Å². The standard InChI is InChI=1S/C19H20N2O2S/c22-17(12-24-18-7-3-4-10-21(18)23)20-11-16-15-9-8-13-5-1-2-6-14(13)19(15)16/h1-7,10,15-16,19H,8-9,11-12H2,(H,20,22)/t15-,16-,19+/m1/s1. The number of carbonyl (C=O) groups excluding carboxylic acids is 1. The first-order valence-corrected chi connectivity index (χ1v) is 9.38. The molecule has 24 heavy (non-hydrogen) atoms. The third kappa shape index (κ3) is 3.00. The first kappa shape index (κ1) is 15.5. The van der Waals surface area contributed by atoms with Crippen LogP contribution in [0.3, 0.4) is 0 Å². The van der Waals surface area contributed by atoms with Crippen LogP contribution in [0.4, 0.5) is 0 Å². The maximum absolute atomic E-state index is 12.1. The minimum absolute atomic E-state index is 0.000727. The molecule has 2 aromatic rings. The van der Waals surface area contributed by atoms with Crippen molar-refractivity contribution in [2.75, 3.05) is 12.3 Å². The Labute approximate surface area is 145 Å². The average molecular weight is 340 g/mol. The summed E-state index contributed by atoms with van der Waals surface area (Å²) in [5.41, 5.74) is 2.96. The first-order valence-electron chi connectivity index (χ1n) is 8.39. The summed E-state index contributed by atoms with van der Waals surface area (Å²) in [7, 11) is 0. The van der Waals surface area contributed by atoms with E-state index in [1.54, 1.807) is 18.2 Å². The van der Waals surface area contributed by atoms with Crippen LogP contribution in [-0.4, -0.2) is 18.2 Å². The number of carbonyl (C=O) groups is 1. The van der Waals surface area contributed by atoms with Crippen molar-refractivity contribution in [1.82, 2.24) is 5.32 Å². The van der Waals surface area contributed by atoms with Gasteiger partial charge in [-0.15, -0.1) is 0 Å². The van der Waals surface area contributed by atoms with E-state index in [0.29, 0.717) is 16.9 Å². The number of benzene rings is 1. The fraction of sp³-hybridized carbons (Fsp3) is 0.368. The monoisotopic (exact) mass is 340 g/mol. The largest absolute Gasteiger partial charge is 0.618 e. The van der Waals surface area contributed by atoms with Crippen LogP contribution in [0.15, 0.2) is 53.7 Å². The molecule has 1 heterocycles. The molecule has 1 fully saturated rings. The molecule has 0 saturated heterocycles. The molecule has 2 aliphatic carbocycles. The van der Waals surface area contributed by atoms with E-state index in [0.717, 1.165) is 23.6 Å². The van der Waals surface area contributed by atoms with Gasteiger partial charge in [0.05, 0.1) is 5.75 Å². The van der Waals surface area contributed by atoms with Gasteiger partial charge in [0.1, 0.15) is 0 Å². The van der Waals surface area contributed by atoms with Gasteiger partial charge in [-0.3, -0.25) is 4.79 Å². The van der Waals surface area contributed by atoms with Gasteiger partial charge < -0.3 is 10.5 Å². The van der Waals surface area contributed by atoms with Gasteiger partial charge in [0, 0.05) is 18.7 Å². The lowest BCUT2D eigenvalue weighted by Crippen LogP contribution is -2.31. The van der Waals surface area contributed by atoms with E-state index < -0.39 is 0 Å². The van der Waals surface area contributed by atoms with Crippen molar-refractivity contribution in [3.8, 4) is 0 Å². The fourth-order valence-electron chi connectivity index (χ4n) is 3.93. The molecule has 5 heteroatoms. The smallest absolute Gasteiger partial charge is 0.251 e. The minimum Gasteiger partial charge on any atom is -0.618 e. The fourth-order valence-corrected chi connectivity index (χ4v) is 4.68. The number of aryl methyl sites for hydroxylation is 1. The summed E-state index contributed by atoms with van der Waals surface area (Å²) in [5, 5.41) is 15.2. The number of nitrogens with zero attached hydrogens (tertiary/aromatic N) is 1. The Morgan fingerprint density at radius 1 is 1.25 bits per heavy atom.